The van der Waals surface area contributed by atoms with Crippen molar-refractivity contribution in [2.24, 2.45) is 16.3 Å². The standard InChI is InChI=1S/C19H23Cl2NO6/c1-19(18(25)26)14(10-27-2)22-13(9-28-7-6-20)15(17(23)24)16(19)11-4-3-5-12(21)8-11/h3-5,8,14-16H,6-7,9-10H2,1-2H3,(H,23,24)(H,25,26). The Bertz CT molecular complexity index is 756. The summed E-state index contributed by atoms with van der Waals surface area (Å²) in [5, 5.41) is 20.5. The van der Waals surface area contributed by atoms with E-state index in [1.54, 1.807) is 24.3 Å². The van der Waals surface area contributed by atoms with Crippen molar-refractivity contribution in [1.29, 1.82) is 0 Å². The van der Waals surface area contributed by atoms with Gasteiger partial charge < -0.3 is 19.7 Å². The van der Waals surface area contributed by atoms with Crippen LogP contribution < -0.4 is 0 Å². The smallest absolute Gasteiger partial charge is 0.312 e. The number of aliphatic carboxylic acids is 2. The van der Waals surface area contributed by atoms with E-state index in [0.717, 1.165) is 0 Å². The highest BCUT2D eigenvalue weighted by Gasteiger charge is 2.57. The molecule has 1 aliphatic rings. The maximum Gasteiger partial charge on any atom is 0.312 e. The third-order valence-electron chi connectivity index (χ3n) is 5.08. The molecule has 0 aliphatic carbocycles. The molecule has 2 rings (SSSR count). The van der Waals surface area contributed by atoms with Crippen molar-refractivity contribution in [3.8, 4) is 0 Å². The summed E-state index contributed by atoms with van der Waals surface area (Å²) >= 11 is 11.7. The van der Waals surface area contributed by atoms with Crippen LogP contribution in [0.1, 0.15) is 18.4 Å². The van der Waals surface area contributed by atoms with Gasteiger partial charge in [-0.3, -0.25) is 14.6 Å². The summed E-state index contributed by atoms with van der Waals surface area (Å²) in [7, 11) is 1.44. The lowest BCUT2D eigenvalue weighted by atomic mass is 9.60. The van der Waals surface area contributed by atoms with Gasteiger partial charge in [0.15, 0.2) is 0 Å². The first kappa shape index (κ1) is 22.6. The first-order valence-electron chi connectivity index (χ1n) is 8.68. The van der Waals surface area contributed by atoms with Gasteiger partial charge in [0, 0.05) is 23.9 Å². The topological polar surface area (TPSA) is 105 Å². The predicted molar refractivity (Wildman–Crippen MR) is 106 cm³/mol. The zero-order chi connectivity index (χ0) is 20.9. The molecule has 4 unspecified atom stereocenters. The number of hydrogen-bond acceptors (Lipinski definition) is 5. The molecule has 0 fully saturated rings. The van der Waals surface area contributed by atoms with Gasteiger partial charge in [-0.15, -0.1) is 11.6 Å². The highest BCUT2D eigenvalue weighted by atomic mass is 35.5. The van der Waals surface area contributed by atoms with Gasteiger partial charge in [-0.1, -0.05) is 23.7 Å². The van der Waals surface area contributed by atoms with Crippen LogP contribution in [0.25, 0.3) is 0 Å². The third kappa shape index (κ3) is 4.49. The van der Waals surface area contributed by atoms with Crippen LogP contribution in [0.4, 0.5) is 0 Å². The molecule has 9 heteroatoms. The minimum atomic E-state index is -1.53. The Morgan fingerprint density at radius 3 is 2.57 bits per heavy atom. The Labute approximate surface area is 173 Å². The van der Waals surface area contributed by atoms with Gasteiger partial charge in [0.2, 0.25) is 0 Å². The summed E-state index contributed by atoms with van der Waals surface area (Å²) in [5.41, 5.74) is -0.765. The van der Waals surface area contributed by atoms with Crippen LogP contribution >= 0.6 is 23.2 Å². The molecule has 28 heavy (non-hydrogen) atoms. The lowest BCUT2D eigenvalue weighted by molar-refractivity contribution is -0.155. The quantitative estimate of drug-likeness (QED) is 0.459. The number of halogens is 2. The molecule has 7 nitrogen and oxygen atoms in total. The van der Waals surface area contributed by atoms with E-state index in [2.05, 4.69) is 4.99 Å². The number of hydrogen-bond donors (Lipinski definition) is 2. The Morgan fingerprint density at radius 1 is 1.32 bits per heavy atom. The normalized spacial score (nSPS) is 27.3. The van der Waals surface area contributed by atoms with Crippen LogP contribution in [0.5, 0.6) is 0 Å². The van der Waals surface area contributed by atoms with Crippen molar-refractivity contribution in [2.75, 3.05) is 32.8 Å². The molecule has 0 aromatic heterocycles. The fourth-order valence-electron chi connectivity index (χ4n) is 3.69. The summed E-state index contributed by atoms with van der Waals surface area (Å²) in [6.45, 7) is 1.68. The fourth-order valence-corrected chi connectivity index (χ4v) is 3.99. The molecule has 0 saturated heterocycles. The van der Waals surface area contributed by atoms with Crippen molar-refractivity contribution in [3.05, 3.63) is 34.9 Å². The minimum Gasteiger partial charge on any atom is -0.481 e. The van der Waals surface area contributed by atoms with Crippen molar-refractivity contribution in [3.63, 3.8) is 0 Å². The molecular weight excluding hydrogens is 409 g/mol. The number of nitrogens with zero attached hydrogens (tertiary/aromatic N) is 1. The Balaban J connectivity index is 2.67. The molecule has 1 aliphatic heterocycles. The zero-order valence-corrected chi connectivity index (χ0v) is 17.1. The van der Waals surface area contributed by atoms with Gasteiger partial charge >= 0.3 is 11.9 Å². The number of carboxylic acid groups (broad SMARTS) is 2. The summed E-state index contributed by atoms with van der Waals surface area (Å²) in [6, 6.07) is 5.78. The molecular formula is C19H23Cl2NO6. The van der Waals surface area contributed by atoms with Crippen molar-refractivity contribution in [2.45, 2.75) is 18.9 Å². The van der Waals surface area contributed by atoms with Crippen molar-refractivity contribution in [1.82, 2.24) is 0 Å². The Hall–Kier alpha value is -1.67. The maximum absolute atomic E-state index is 12.4. The van der Waals surface area contributed by atoms with Crippen molar-refractivity contribution >= 4 is 40.9 Å². The number of aliphatic imine (C=N–C) groups is 1. The minimum absolute atomic E-state index is 0.0191. The molecule has 154 valence electrons. The predicted octanol–water partition coefficient (Wildman–Crippen LogP) is 2.94. The molecule has 0 radical (unpaired) electrons. The third-order valence-corrected chi connectivity index (χ3v) is 5.47. The number of alkyl halides is 1. The Kier molecular flexibility index (Phi) is 7.83. The number of rotatable bonds is 9. The van der Waals surface area contributed by atoms with E-state index in [4.69, 9.17) is 32.7 Å². The van der Waals surface area contributed by atoms with E-state index in [-0.39, 0.29) is 31.4 Å². The van der Waals surface area contributed by atoms with Crippen LogP contribution in [0, 0.1) is 11.3 Å². The van der Waals surface area contributed by atoms with E-state index in [1.165, 1.54) is 14.0 Å². The van der Waals surface area contributed by atoms with Crippen LogP contribution in [0.15, 0.2) is 29.3 Å². The number of carboxylic acids is 2. The Morgan fingerprint density at radius 2 is 2.04 bits per heavy atom. The first-order chi connectivity index (χ1) is 13.3. The van der Waals surface area contributed by atoms with Gasteiger partial charge in [0.05, 0.1) is 37.0 Å². The molecule has 4 atom stereocenters. The molecule has 0 saturated carbocycles. The summed E-state index contributed by atoms with van der Waals surface area (Å²) in [5.74, 6) is -4.20. The van der Waals surface area contributed by atoms with Gasteiger partial charge in [-0.05, 0) is 24.6 Å². The van der Waals surface area contributed by atoms with E-state index in [1.807, 2.05) is 0 Å². The summed E-state index contributed by atoms with van der Waals surface area (Å²) < 4.78 is 10.6. The second-order valence-electron chi connectivity index (χ2n) is 6.77. The van der Waals surface area contributed by atoms with Gasteiger partial charge in [-0.2, -0.15) is 0 Å². The molecule has 0 amide bonds. The highest BCUT2D eigenvalue weighted by Crippen LogP contribution is 2.49. The first-order valence-corrected chi connectivity index (χ1v) is 9.59. The fraction of sp³-hybridized carbons (Fsp3) is 0.526. The van der Waals surface area contributed by atoms with Crippen LogP contribution in [0.3, 0.4) is 0 Å². The number of methoxy groups -OCH3 is 1. The van der Waals surface area contributed by atoms with E-state index >= 15 is 0 Å². The van der Waals surface area contributed by atoms with E-state index in [0.29, 0.717) is 10.6 Å². The maximum atomic E-state index is 12.4. The second kappa shape index (κ2) is 9.69. The lowest BCUT2D eigenvalue weighted by Crippen LogP contribution is -2.55. The monoisotopic (exact) mass is 431 g/mol. The van der Waals surface area contributed by atoms with E-state index < -0.39 is 35.2 Å². The van der Waals surface area contributed by atoms with E-state index in [9.17, 15) is 19.8 Å². The van der Waals surface area contributed by atoms with Crippen LogP contribution in [-0.2, 0) is 19.1 Å². The molecule has 2 N–H and O–H groups in total. The number of benzene rings is 1. The number of ether oxygens (including phenoxy) is 2. The lowest BCUT2D eigenvalue weighted by Gasteiger charge is -2.45. The summed E-state index contributed by atoms with van der Waals surface area (Å²) in [4.78, 5) is 29.0. The summed E-state index contributed by atoms with van der Waals surface area (Å²) in [6.07, 6.45) is 0. The number of carbonyl (C=O) groups is 2. The van der Waals surface area contributed by atoms with Gasteiger partial charge in [-0.25, -0.2) is 0 Å². The van der Waals surface area contributed by atoms with Crippen LogP contribution in [0.2, 0.25) is 5.02 Å². The SMILES string of the molecule is COCC1N=C(COCCCl)C(C(=O)O)C(c2cccc(Cl)c2)C1(C)C(=O)O. The van der Waals surface area contributed by atoms with Crippen LogP contribution in [-0.4, -0.2) is 66.7 Å². The van der Waals surface area contributed by atoms with Crippen molar-refractivity contribution < 1.29 is 29.3 Å². The van der Waals surface area contributed by atoms with Gasteiger partial charge in [0.25, 0.3) is 0 Å². The highest BCUT2D eigenvalue weighted by molar-refractivity contribution is 6.30. The average molecular weight is 432 g/mol. The molecule has 0 bridgehead atoms. The molecule has 1 aromatic carbocycles. The largest absolute Gasteiger partial charge is 0.481 e. The molecule has 1 aromatic rings. The van der Waals surface area contributed by atoms with Gasteiger partial charge in [0.1, 0.15) is 5.92 Å². The molecule has 1 heterocycles. The average Bonchev–Trinajstić information content (AvgIpc) is 2.63. The second-order valence-corrected chi connectivity index (χ2v) is 7.58. The zero-order valence-electron chi connectivity index (χ0n) is 15.6. The molecule has 0 spiro atoms.